The number of furan rings is 1. The van der Waals surface area contributed by atoms with E-state index in [9.17, 15) is 0 Å². The van der Waals surface area contributed by atoms with E-state index in [4.69, 9.17) is 4.42 Å². The molecule has 1 aromatic heterocycles. The average molecular weight is 689 g/mol. The van der Waals surface area contributed by atoms with Crippen LogP contribution in [0.3, 0.4) is 0 Å². The van der Waals surface area contributed by atoms with Gasteiger partial charge in [0.2, 0.25) is 0 Å². The highest BCUT2D eigenvalue weighted by Gasteiger charge is 2.22. The van der Waals surface area contributed by atoms with Gasteiger partial charge in [0.15, 0.2) is 0 Å². The lowest BCUT2D eigenvalue weighted by atomic mass is 9.80. The second-order valence-electron chi connectivity index (χ2n) is 14.0. The van der Waals surface area contributed by atoms with Gasteiger partial charge in [0.05, 0.1) is 0 Å². The van der Waals surface area contributed by atoms with Crippen LogP contribution in [0.15, 0.2) is 217 Å². The van der Waals surface area contributed by atoms with Crippen LogP contribution in [0.2, 0.25) is 0 Å². The van der Waals surface area contributed by atoms with E-state index < -0.39 is 0 Å². The van der Waals surface area contributed by atoms with Gasteiger partial charge < -0.3 is 4.42 Å². The fraction of sp³-hybridized carbons (Fsp3) is 0.0189. The lowest BCUT2D eigenvalue weighted by molar-refractivity contribution is 0.670. The van der Waals surface area contributed by atoms with Crippen molar-refractivity contribution in [2.24, 2.45) is 0 Å². The normalized spacial score (nSPS) is 12.0. The first-order valence-corrected chi connectivity index (χ1v) is 18.6. The van der Waals surface area contributed by atoms with E-state index in [2.05, 4.69) is 206 Å². The van der Waals surface area contributed by atoms with Gasteiger partial charge in [0.1, 0.15) is 11.2 Å². The van der Waals surface area contributed by atoms with Crippen molar-refractivity contribution >= 4 is 32.7 Å². The SMILES string of the molecule is c1ccc(-c2cccc(-c3ccc(C(c4cccc(-c5cccc6c5oc5ccccc56)c4)c4ccc(-c5ccccc5)c5ccccc45)cc3)c2)cc1. The molecule has 0 saturated carbocycles. The summed E-state index contributed by atoms with van der Waals surface area (Å²) in [4.78, 5) is 0. The van der Waals surface area contributed by atoms with Crippen molar-refractivity contribution in [2.45, 2.75) is 5.92 Å². The highest BCUT2D eigenvalue weighted by Crippen LogP contribution is 2.42. The summed E-state index contributed by atoms with van der Waals surface area (Å²) in [6, 6.07) is 76.7. The van der Waals surface area contributed by atoms with Crippen LogP contribution in [0, 0.1) is 0 Å². The molecule has 54 heavy (non-hydrogen) atoms. The molecule has 0 radical (unpaired) electrons. The average Bonchev–Trinajstić information content (AvgIpc) is 3.64. The summed E-state index contributed by atoms with van der Waals surface area (Å²) in [6.45, 7) is 0. The van der Waals surface area contributed by atoms with E-state index >= 15 is 0 Å². The Balaban J connectivity index is 1.13. The summed E-state index contributed by atoms with van der Waals surface area (Å²) >= 11 is 0. The van der Waals surface area contributed by atoms with Crippen LogP contribution < -0.4 is 0 Å². The Morgan fingerprint density at radius 1 is 0.296 bits per heavy atom. The quantitative estimate of drug-likeness (QED) is 0.152. The predicted octanol–water partition coefficient (Wildman–Crippen LogP) is 14.6. The molecule has 0 amide bonds. The lowest BCUT2D eigenvalue weighted by Crippen LogP contribution is -2.05. The van der Waals surface area contributed by atoms with E-state index in [0.29, 0.717) is 0 Å². The lowest BCUT2D eigenvalue weighted by Gasteiger charge is -2.23. The summed E-state index contributed by atoms with van der Waals surface area (Å²) in [5.74, 6) is -0.0146. The third-order valence-electron chi connectivity index (χ3n) is 10.8. The first-order valence-electron chi connectivity index (χ1n) is 18.6. The Hall–Kier alpha value is -6.96. The monoisotopic (exact) mass is 688 g/mol. The van der Waals surface area contributed by atoms with Crippen molar-refractivity contribution in [3.05, 3.63) is 229 Å². The third kappa shape index (κ3) is 5.68. The molecular formula is C53H36O. The molecule has 1 heteroatoms. The highest BCUT2D eigenvalue weighted by atomic mass is 16.3. The number of hydrogen-bond acceptors (Lipinski definition) is 1. The van der Waals surface area contributed by atoms with Crippen molar-refractivity contribution in [3.8, 4) is 44.5 Å². The molecule has 0 N–H and O–H groups in total. The molecule has 0 aliphatic rings. The minimum atomic E-state index is -0.0146. The maximum atomic E-state index is 6.51. The van der Waals surface area contributed by atoms with E-state index in [1.54, 1.807) is 0 Å². The number of rotatable bonds is 7. The van der Waals surface area contributed by atoms with Crippen LogP contribution in [0.25, 0.3) is 77.2 Å². The summed E-state index contributed by atoms with van der Waals surface area (Å²) < 4.78 is 6.51. The van der Waals surface area contributed by atoms with Crippen molar-refractivity contribution < 1.29 is 4.42 Å². The summed E-state index contributed by atoms with van der Waals surface area (Å²) in [5.41, 5.74) is 15.1. The van der Waals surface area contributed by atoms with Gasteiger partial charge in [-0.1, -0.05) is 200 Å². The van der Waals surface area contributed by atoms with Gasteiger partial charge in [0.25, 0.3) is 0 Å². The van der Waals surface area contributed by atoms with Crippen LogP contribution in [0.5, 0.6) is 0 Å². The number of hydrogen-bond donors (Lipinski definition) is 0. The molecule has 0 aliphatic heterocycles. The van der Waals surface area contributed by atoms with Crippen molar-refractivity contribution in [3.63, 3.8) is 0 Å². The molecule has 10 aromatic rings. The van der Waals surface area contributed by atoms with Gasteiger partial charge in [-0.25, -0.2) is 0 Å². The summed E-state index contributed by atoms with van der Waals surface area (Å²) in [5, 5.41) is 4.79. The second-order valence-corrected chi connectivity index (χ2v) is 14.0. The molecule has 0 spiro atoms. The topological polar surface area (TPSA) is 13.1 Å². The van der Waals surface area contributed by atoms with E-state index in [1.165, 1.54) is 60.8 Å². The van der Waals surface area contributed by atoms with Crippen molar-refractivity contribution in [1.29, 1.82) is 0 Å². The Morgan fingerprint density at radius 3 is 1.65 bits per heavy atom. The Kier molecular flexibility index (Phi) is 7.96. The molecule has 9 aromatic carbocycles. The molecule has 1 heterocycles. The Morgan fingerprint density at radius 2 is 0.870 bits per heavy atom. The molecular weight excluding hydrogens is 653 g/mol. The fourth-order valence-corrected chi connectivity index (χ4v) is 8.23. The first-order chi connectivity index (χ1) is 26.8. The first kappa shape index (κ1) is 31.7. The minimum Gasteiger partial charge on any atom is -0.455 e. The fourth-order valence-electron chi connectivity index (χ4n) is 8.23. The smallest absolute Gasteiger partial charge is 0.143 e. The molecule has 0 bridgehead atoms. The zero-order chi connectivity index (χ0) is 35.8. The standard InChI is InChI=1S/C53H36O/c1-3-14-36(15-4-1)40-18-11-19-41(34-40)37-28-30-39(31-29-37)52(49-33-32-44(38-16-5-2-6-17-38)46-22-7-8-23-47(46)49)43-21-12-20-42(35-43)45-25-13-26-50-48-24-9-10-27-51(48)54-53(45)50/h1-35,52H. The minimum absolute atomic E-state index is 0.0146. The number of para-hydroxylation sites is 2. The molecule has 1 nitrogen and oxygen atoms in total. The highest BCUT2D eigenvalue weighted by molar-refractivity contribution is 6.09. The van der Waals surface area contributed by atoms with Crippen molar-refractivity contribution in [2.75, 3.05) is 0 Å². The van der Waals surface area contributed by atoms with E-state index in [-0.39, 0.29) is 5.92 Å². The van der Waals surface area contributed by atoms with Crippen LogP contribution in [-0.4, -0.2) is 0 Å². The van der Waals surface area contributed by atoms with Gasteiger partial charge >= 0.3 is 0 Å². The van der Waals surface area contributed by atoms with Crippen LogP contribution in [-0.2, 0) is 0 Å². The zero-order valence-electron chi connectivity index (χ0n) is 29.7. The van der Waals surface area contributed by atoms with Gasteiger partial charge in [-0.2, -0.15) is 0 Å². The van der Waals surface area contributed by atoms with E-state index in [1.807, 2.05) is 6.07 Å². The molecule has 1 unspecified atom stereocenters. The van der Waals surface area contributed by atoms with Gasteiger partial charge in [-0.15, -0.1) is 0 Å². The summed E-state index contributed by atoms with van der Waals surface area (Å²) in [7, 11) is 0. The molecule has 0 aliphatic carbocycles. The summed E-state index contributed by atoms with van der Waals surface area (Å²) in [6.07, 6.45) is 0. The number of fused-ring (bicyclic) bond motifs is 4. The third-order valence-corrected chi connectivity index (χ3v) is 10.8. The molecule has 0 fully saturated rings. The molecule has 0 saturated heterocycles. The second kappa shape index (κ2) is 13.5. The van der Waals surface area contributed by atoms with Crippen LogP contribution in [0.4, 0.5) is 0 Å². The van der Waals surface area contributed by atoms with Gasteiger partial charge in [-0.05, 0) is 78.5 Å². The molecule has 254 valence electrons. The molecule has 10 rings (SSSR count). The Bertz CT molecular complexity index is 2920. The molecule has 1 atom stereocenters. The van der Waals surface area contributed by atoms with Gasteiger partial charge in [-0.3, -0.25) is 0 Å². The Labute approximate surface area is 315 Å². The maximum Gasteiger partial charge on any atom is 0.143 e. The predicted molar refractivity (Wildman–Crippen MR) is 227 cm³/mol. The van der Waals surface area contributed by atoms with Crippen molar-refractivity contribution in [1.82, 2.24) is 0 Å². The van der Waals surface area contributed by atoms with Crippen LogP contribution >= 0.6 is 0 Å². The van der Waals surface area contributed by atoms with Crippen LogP contribution in [0.1, 0.15) is 22.6 Å². The zero-order valence-corrected chi connectivity index (χ0v) is 29.7. The largest absolute Gasteiger partial charge is 0.455 e. The maximum absolute atomic E-state index is 6.51. The van der Waals surface area contributed by atoms with Gasteiger partial charge in [0, 0.05) is 22.3 Å². The number of benzene rings is 9. The van der Waals surface area contributed by atoms with E-state index in [0.717, 1.165) is 33.1 Å².